The summed E-state index contributed by atoms with van der Waals surface area (Å²) in [7, 11) is 1.60. The van der Waals surface area contributed by atoms with Crippen LogP contribution in [-0.2, 0) is 11.3 Å². The first-order valence-electron chi connectivity index (χ1n) is 7.65. The van der Waals surface area contributed by atoms with E-state index in [1.807, 2.05) is 19.9 Å². The lowest BCUT2D eigenvalue weighted by molar-refractivity contribution is 0.103. The molecule has 0 saturated carbocycles. The van der Waals surface area contributed by atoms with Crippen LogP contribution < -0.4 is 11.1 Å². The number of fused-ring (bicyclic) bond motifs is 1. The number of anilines is 2. The van der Waals surface area contributed by atoms with Crippen LogP contribution in [0.5, 0.6) is 0 Å². The average molecular weight is 359 g/mol. The van der Waals surface area contributed by atoms with Crippen LogP contribution in [0.3, 0.4) is 0 Å². The van der Waals surface area contributed by atoms with Gasteiger partial charge < -0.3 is 15.8 Å². The van der Waals surface area contributed by atoms with E-state index in [1.165, 1.54) is 17.4 Å². The Labute approximate surface area is 148 Å². The summed E-state index contributed by atoms with van der Waals surface area (Å²) >= 11 is 1.19. The fourth-order valence-electron chi connectivity index (χ4n) is 2.69. The third kappa shape index (κ3) is 3.33. The summed E-state index contributed by atoms with van der Waals surface area (Å²) in [5.74, 6) is -0.946. The van der Waals surface area contributed by atoms with Gasteiger partial charge in [-0.25, -0.2) is 9.37 Å². The van der Waals surface area contributed by atoms with Gasteiger partial charge in [-0.05, 0) is 43.2 Å². The normalized spacial score (nSPS) is 11.0. The average Bonchev–Trinajstić information content (AvgIpc) is 2.88. The molecule has 0 atom stereocenters. The van der Waals surface area contributed by atoms with Crippen molar-refractivity contribution in [2.45, 2.75) is 20.5 Å². The molecule has 130 valence electrons. The number of nitrogens with two attached hydrogens (primary N) is 1. The van der Waals surface area contributed by atoms with Crippen molar-refractivity contribution in [1.29, 1.82) is 0 Å². The third-order valence-electron chi connectivity index (χ3n) is 3.78. The number of hydrogen-bond donors (Lipinski definition) is 2. The van der Waals surface area contributed by atoms with E-state index in [4.69, 9.17) is 10.5 Å². The van der Waals surface area contributed by atoms with Gasteiger partial charge in [0.2, 0.25) is 0 Å². The molecule has 5 nitrogen and oxygen atoms in total. The number of nitrogen functional groups attached to an aromatic ring is 1. The van der Waals surface area contributed by atoms with Crippen LogP contribution in [0.4, 0.5) is 15.8 Å². The Morgan fingerprint density at radius 1 is 1.36 bits per heavy atom. The number of nitrogens with zero attached hydrogens (tertiary/aromatic N) is 1. The number of amides is 1. The maximum absolute atomic E-state index is 13.9. The highest BCUT2D eigenvalue weighted by atomic mass is 32.1. The predicted octanol–water partition coefficient (Wildman–Crippen LogP) is 4.03. The van der Waals surface area contributed by atoms with Crippen molar-refractivity contribution in [3.05, 3.63) is 51.8 Å². The van der Waals surface area contributed by atoms with E-state index in [0.29, 0.717) is 27.4 Å². The van der Waals surface area contributed by atoms with Crippen molar-refractivity contribution in [3.8, 4) is 0 Å². The second kappa shape index (κ2) is 6.78. The molecule has 3 N–H and O–H groups in total. The molecule has 0 spiro atoms. The largest absolute Gasteiger partial charge is 0.397 e. The number of ether oxygens (including phenoxy) is 1. The number of aryl methyl sites for hydroxylation is 2. The van der Waals surface area contributed by atoms with Gasteiger partial charge in [-0.3, -0.25) is 4.79 Å². The van der Waals surface area contributed by atoms with Gasteiger partial charge in [-0.1, -0.05) is 6.07 Å². The van der Waals surface area contributed by atoms with Gasteiger partial charge in [-0.15, -0.1) is 11.3 Å². The number of thiophene rings is 1. The van der Waals surface area contributed by atoms with E-state index in [1.54, 1.807) is 19.2 Å². The highest BCUT2D eigenvalue weighted by Gasteiger charge is 2.21. The molecule has 2 aromatic heterocycles. The summed E-state index contributed by atoms with van der Waals surface area (Å²) in [5, 5.41) is 3.31. The molecule has 2 heterocycles. The summed E-state index contributed by atoms with van der Waals surface area (Å²) in [6.07, 6.45) is 0. The molecule has 0 aliphatic rings. The van der Waals surface area contributed by atoms with Gasteiger partial charge in [0.05, 0.1) is 18.0 Å². The number of pyridine rings is 1. The van der Waals surface area contributed by atoms with Gasteiger partial charge >= 0.3 is 0 Å². The SMILES string of the molecule is COCc1cc(C)nc2sc(C(=O)Nc3cc(C)ccc3F)c(N)c12. The maximum atomic E-state index is 13.9. The van der Waals surface area contributed by atoms with E-state index in [-0.39, 0.29) is 5.69 Å². The molecule has 3 rings (SSSR count). The van der Waals surface area contributed by atoms with Crippen LogP contribution in [0.1, 0.15) is 26.5 Å². The summed E-state index contributed by atoms with van der Waals surface area (Å²) in [5.41, 5.74) is 9.21. The van der Waals surface area contributed by atoms with Crippen molar-refractivity contribution >= 4 is 38.8 Å². The first-order chi connectivity index (χ1) is 11.9. The Kier molecular flexibility index (Phi) is 4.69. The molecule has 3 aromatic rings. The van der Waals surface area contributed by atoms with Gasteiger partial charge in [0.1, 0.15) is 15.5 Å². The molecule has 0 aliphatic heterocycles. The van der Waals surface area contributed by atoms with Crippen LogP contribution in [0.25, 0.3) is 10.2 Å². The van der Waals surface area contributed by atoms with Gasteiger partial charge in [-0.2, -0.15) is 0 Å². The highest BCUT2D eigenvalue weighted by Crippen LogP contribution is 2.36. The van der Waals surface area contributed by atoms with Crippen molar-refractivity contribution in [3.63, 3.8) is 0 Å². The second-order valence-electron chi connectivity index (χ2n) is 5.82. The number of hydrogen-bond acceptors (Lipinski definition) is 5. The molecule has 25 heavy (non-hydrogen) atoms. The molecular formula is C18H18FN3O2S. The number of methoxy groups -OCH3 is 1. The van der Waals surface area contributed by atoms with Gasteiger partial charge in [0.25, 0.3) is 5.91 Å². The lowest BCUT2D eigenvalue weighted by Crippen LogP contribution is -2.13. The zero-order valence-corrected chi connectivity index (χ0v) is 15.0. The molecule has 0 fully saturated rings. The van der Waals surface area contributed by atoms with Crippen molar-refractivity contribution in [2.75, 3.05) is 18.2 Å². The fraction of sp³-hybridized carbons (Fsp3) is 0.222. The number of rotatable bonds is 4. The van der Waals surface area contributed by atoms with Crippen molar-refractivity contribution in [1.82, 2.24) is 4.98 Å². The Morgan fingerprint density at radius 3 is 2.84 bits per heavy atom. The number of carbonyl (C=O) groups is 1. The standard InChI is InChI=1S/C18H18FN3O2S/c1-9-4-5-12(19)13(6-9)22-17(23)16-15(20)14-11(8-24-3)7-10(2)21-18(14)25-16/h4-7H,8,20H2,1-3H3,(H,22,23). The van der Waals surface area contributed by atoms with Crippen LogP contribution >= 0.6 is 11.3 Å². The minimum absolute atomic E-state index is 0.128. The Balaban J connectivity index is 2.03. The van der Waals surface area contributed by atoms with Crippen LogP contribution in [0, 0.1) is 19.7 Å². The molecule has 7 heteroatoms. The minimum atomic E-state index is -0.493. The maximum Gasteiger partial charge on any atom is 0.268 e. The summed E-state index contributed by atoms with van der Waals surface area (Å²) < 4.78 is 19.1. The Bertz CT molecular complexity index is 969. The summed E-state index contributed by atoms with van der Waals surface area (Å²) in [6.45, 7) is 4.07. The van der Waals surface area contributed by atoms with Crippen LogP contribution in [-0.4, -0.2) is 18.0 Å². The fourth-order valence-corrected chi connectivity index (χ4v) is 3.77. The first kappa shape index (κ1) is 17.3. The number of carbonyl (C=O) groups excluding carboxylic acids is 1. The van der Waals surface area contributed by atoms with Crippen LogP contribution in [0.15, 0.2) is 24.3 Å². The predicted molar refractivity (Wildman–Crippen MR) is 98.6 cm³/mol. The molecule has 1 aromatic carbocycles. The zero-order chi connectivity index (χ0) is 18.1. The molecule has 1 amide bonds. The molecule has 0 radical (unpaired) electrons. The van der Waals surface area contributed by atoms with Gasteiger partial charge in [0.15, 0.2) is 0 Å². The molecular weight excluding hydrogens is 341 g/mol. The number of aromatic nitrogens is 1. The lowest BCUT2D eigenvalue weighted by atomic mass is 10.1. The quantitative estimate of drug-likeness (QED) is 0.737. The highest BCUT2D eigenvalue weighted by molar-refractivity contribution is 7.21. The van der Waals surface area contributed by atoms with E-state index in [0.717, 1.165) is 16.8 Å². The first-order valence-corrected chi connectivity index (χ1v) is 8.47. The summed E-state index contributed by atoms with van der Waals surface area (Å²) in [6, 6.07) is 6.43. The molecule has 0 saturated heterocycles. The third-order valence-corrected chi connectivity index (χ3v) is 4.88. The molecule has 0 aliphatic carbocycles. The molecule has 0 unspecified atom stereocenters. The Morgan fingerprint density at radius 2 is 2.12 bits per heavy atom. The van der Waals surface area contributed by atoms with E-state index in [9.17, 15) is 9.18 Å². The number of halogens is 1. The second-order valence-corrected chi connectivity index (χ2v) is 6.82. The van der Waals surface area contributed by atoms with E-state index in [2.05, 4.69) is 10.3 Å². The monoisotopic (exact) mass is 359 g/mol. The minimum Gasteiger partial charge on any atom is -0.397 e. The van der Waals surface area contributed by atoms with E-state index >= 15 is 0 Å². The van der Waals surface area contributed by atoms with Gasteiger partial charge in [0, 0.05) is 18.2 Å². The number of benzene rings is 1. The van der Waals surface area contributed by atoms with E-state index < -0.39 is 11.7 Å². The smallest absolute Gasteiger partial charge is 0.268 e. The zero-order valence-electron chi connectivity index (χ0n) is 14.1. The van der Waals surface area contributed by atoms with Crippen molar-refractivity contribution < 1.29 is 13.9 Å². The van der Waals surface area contributed by atoms with Crippen molar-refractivity contribution in [2.24, 2.45) is 0 Å². The Hall–Kier alpha value is -2.51. The number of nitrogens with one attached hydrogen (secondary N) is 1. The van der Waals surface area contributed by atoms with Crippen LogP contribution in [0.2, 0.25) is 0 Å². The summed E-state index contributed by atoms with van der Waals surface area (Å²) in [4.78, 5) is 18.0. The lowest BCUT2D eigenvalue weighted by Gasteiger charge is -2.07. The topological polar surface area (TPSA) is 77.2 Å². The molecule has 0 bridgehead atoms.